The summed E-state index contributed by atoms with van der Waals surface area (Å²) in [5.74, 6) is 0. The van der Waals surface area contributed by atoms with Crippen molar-refractivity contribution in [3.63, 3.8) is 0 Å². The third kappa shape index (κ3) is 2.68. The van der Waals surface area contributed by atoms with E-state index in [2.05, 4.69) is 31.0 Å². The van der Waals surface area contributed by atoms with Gasteiger partial charge in [0, 0.05) is 30.7 Å². The summed E-state index contributed by atoms with van der Waals surface area (Å²) in [6, 6.07) is 0. The van der Waals surface area contributed by atoms with Gasteiger partial charge in [-0.1, -0.05) is 33.1 Å². The molecule has 2 rings (SSSR count). The molecule has 2 heteroatoms. The van der Waals surface area contributed by atoms with E-state index < -0.39 is 0 Å². The van der Waals surface area contributed by atoms with Crippen LogP contribution in [-0.2, 0) is 0 Å². The Labute approximate surface area is 107 Å². The summed E-state index contributed by atoms with van der Waals surface area (Å²) in [6.45, 7) is 10.9. The summed E-state index contributed by atoms with van der Waals surface area (Å²) in [5.41, 5.74) is 0.884. The highest BCUT2D eigenvalue weighted by molar-refractivity contribution is 4.99. The molecule has 0 amide bonds. The van der Waals surface area contributed by atoms with Crippen LogP contribution < -0.4 is 5.32 Å². The van der Waals surface area contributed by atoms with Gasteiger partial charge < -0.3 is 5.32 Å². The maximum Gasteiger partial charge on any atom is 0.0304 e. The lowest BCUT2D eigenvalue weighted by Gasteiger charge is -2.52. The Kier molecular flexibility index (Phi) is 4.14. The SMILES string of the molecule is CCC1(CC)CN(C2(C)CCCCC2)CCN1. The molecular formula is C15H30N2. The fraction of sp³-hybridized carbons (Fsp3) is 1.00. The highest BCUT2D eigenvalue weighted by atomic mass is 15.3. The minimum absolute atomic E-state index is 0.388. The molecule has 0 aromatic heterocycles. The number of nitrogens with one attached hydrogen (secondary N) is 1. The topological polar surface area (TPSA) is 15.3 Å². The zero-order valence-electron chi connectivity index (χ0n) is 12.0. The molecule has 1 saturated carbocycles. The first-order chi connectivity index (χ1) is 8.14. The lowest BCUT2D eigenvalue weighted by Crippen LogP contribution is -2.65. The summed E-state index contributed by atoms with van der Waals surface area (Å²) < 4.78 is 0. The predicted octanol–water partition coefficient (Wildman–Crippen LogP) is 3.17. The van der Waals surface area contributed by atoms with E-state index in [-0.39, 0.29) is 0 Å². The Morgan fingerprint density at radius 3 is 2.29 bits per heavy atom. The van der Waals surface area contributed by atoms with Crippen LogP contribution >= 0.6 is 0 Å². The van der Waals surface area contributed by atoms with Gasteiger partial charge in [0.25, 0.3) is 0 Å². The molecule has 0 bridgehead atoms. The molecule has 1 saturated heterocycles. The number of piperazine rings is 1. The van der Waals surface area contributed by atoms with E-state index in [1.807, 2.05) is 0 Å². The summed E-state index contributed by atoms with van der Waals surface area (Å²) in [7, 11) is 0. The second-order valence-electron chi connectivity index (χ2n) is 6.39. The molecule has 2 aliphatic rings. The maximum absolute atomic E-state index is 3.78. The molecule has 17 heavy (non-hydrogen) atoms. The molecule has 2 fully saturated rings. The summed E-state index contributed by atoms with van der Waals surface area (Å²) >= 11 is 0. The molecule has 0 atom stereocenters. The van der Waals surface area contributed by atoms with Crippen LogP contribution in [0.2, 0.25) is 0 Å². The largest absolute Gasteiger partial charge is 0.309 e. The molecule has 0 unspecified atom stereocenters. The second kappa shape index (κ2) is 5.27. The van der Waals surface area contributed by atoms with Crippen LogP contribution in [0.1, 0.15) is 65.7 Å². The van der Waals surface area contributed by atoms with Crippen molar-refractivity contribution < 1.29 is 0 Å². The first kappa shape index (κ1) is 13.4. The molecule has 100 valence electrons. The highest BCUT2D eigenvalue weighted by Gasteiger charge is 2.40. The smallest absolute Gasteiger partial charge is 0.0304 e. The first-order valence-corrected chi connectivity index (χ1v) is 7.64. The van der Waals surface area contributed by atoms with Crippen molar-refractivity contribution in [2.24, 2.45) is 0 Å². The van der Waals surface area contributed by atoms with E-state index in [1.165, 1.54) is 64.6 Å². The molecule has 0 spiro atoms. The van der Waals surface area contributed by atoms with Gasteiger partial charge in [0.1, 0.15) is 0 Å². The zero-order valence-corrected chi connectivity index (χ0v) is 12.0. The molecule has 2 nitrogen and oxygen atoms in total. The summed E-state index contributed by atoms with van der Waals surface area (Å²) in [6.07, 6.45) is 9.67. The molecule has 0 radical (unpaired) electrons. The number of hydrogen-bond donors (Lipinski definition) is 1. The van der Waals surface area contributed by atoms with Crippen LogP contribution in [0.3, 0.4) is 0 Å². The lowest BCUT2D eigenvalue weighted by atomic mass is 9.79. The van der Waals surface area contributed by atoms with Crippen molar-refractivity contribution in [2.45, 2.75) is 76.8 Å². The van der Waals surface area contributed by atoms with Gasteiger partial charge in [-0.2, -0.15) is 0 Å². The Morgan fingerprint density at radius 2 is 1.71 bits per heavy atom. The van der Waals surface area contributed by atoms with Gasteiger partial charge in [-0.05, 0) is 32.6 Å². The Balaban J connectivity index is 2.05. The third-order valence-corrected chi connectivity index (χ3v) is 5.42. The molecule has 1 aliphatic heterocycles. The van der Waals surface area contributed by atoms with Gasteiger partial charge in [0.2, 0.25) is 0 Å². The summed E-state index contributed by atoms with van der Waals surface area (Å²) in [5, 5.41) is 3.78. The normalized spacial score (nSPS) is 29.1. The minimum Gasteiger partial charge on any atom is -0.309 e. The Hall–Kier alpha value is -0.0800. The van der Waals surface area contributed by atoms with Gasteiger partial charge in [-0.25, -0.2) is 0 Å². The van der Waals surface area contributed by atoms with Crippen LogP contribution in [0.15, 0.2) is 0 Å². The monoisotopic (exact) mass is 238 g/mol. The molecule has 1 N–H and O–H groups in total. The predicted molar refractivity (Wildman–Crippen MR) is 74.4 cm³/mol. The third-order valence-electron chi connectivity index (χ3n) is 5.42. The zero-order chi connectivity index (χ0) is 12.4. The van der Waals surface area contributed by atoms with Crippen molar-refractivity contribution >= 4 is 0 Å². The van der Waals surface area contributed by atoms with Crippen LogP contribution in [0, 0.1) is 0 Å². The Bertz CT molecular complexity index is 239. The van der Waals surface area contributed by atoms with Gasteiger partial charge in [0.15, 0.2) is 0 Å². The summed E-state index contributed by atoms with van der Waals surface area (Å²) in [4.78, 5) is 2.80. The van der Waals surface area contributed by atoms with Gasteiger partial charge in [-0.15, -0.1) is 0 Å². The standard InChI is InChI=1S/C15H30N2/c1-4-15(5-2)13-17(12-11-16-15)14(3)9-7-6-8-10-14/h16H,4-13H2,1-3H3. The quantitative estimate of drug-likeness (QED) is 0.812. The van der Waals surface area contributed by atoms with Gasteiger partial charge in [-0.3, -0.25) is 4.90 Å². The molecule has 1 aliphatic carbocycles. The van der Waals surface area contributed by atoms with Crippen LogP contribution in [0.5, 0.6) is 0 Å². The average Bonchev–Trinajstić information content (AvgIpc) is 2.40. The first-order valence-electron chi connectivity index (χ1n) is 7.64. The van der Waals surface area contributed by atoms with Crippen molar-refractivity contribution in [1.29, 1.82) is 0 Å². The van der Waals surface area contributed by atoms with Crippen molar-refractivity contribution in [3.8, 4) is 0 Å². The fourth-order valence-corrected chi connectivity index (χ4v) is 3.77. The van der Waals surface area contributed by atoms with Crippen molar-refractivity contribution in [2.75, 3.05) is 19.6 Å². The van der Waals surface area contributed by atoms with E-state index in [9.17, 15) is 0 Å². The molecule has 1 heterocycles. The Morgan fingerprint density at radius 1 is 1.06 bits per heavy atom. The van der Waals surface area contributed by atoms with E-state index in [0.717, 1.165) is 0 Å². The highest BCUT2D eigenvalue weighted by Crippen LogP contribution is 2.35. The molecule has 0 aromatic carbocycles. The van der Waals surface area contributed by atoms with Crippen LogP contribution in [0.4, 0.5) is 0 Å². The average molecular weight is 238 g/mol. The van der Waals surface area contributed by atoms with Crippen molar-refractivity contribution in [3.05, 3.63) is 0 Å². The second-order valence-corrected chi connectivity index (χ2v) is 6.39. The van der Waals surface area contributed by atoms with E-state index in [0.29, 0.717) is 11.1 Å². The van der Waals surface area contributed by atoms with Crippen molar-refractivity contribution in [1.82, 2.24) is 10.2 Å². The van der Waals surface area contributed by atoms with Crippen LogP contribution in [-0.4, -0.2) is 35.6 Å². The van der Waals surface area contributed by atoms with E-state index in [1.54, 1.807) is 0 Å². The van der Waals surface area contributed by atoms with Gasteiger partial charge >= 0.3 is 0 Å². The minimum atomic E-state index is 0.388. The number of rotatable bonds is 3. The number of nitrogens with zero attached hydrogens (tertiary/aromatic N) is 1. The van der Waals surface area contributed by atoms with E-state index >= 15 is 0 Å². The lowest BCUT2D eigenvalue weighted by molar-refractivity contribution is 0.00973. The van der Waals surface area contributed by atoms with E-state index in [4.69, 9.17) is 0 Å². The van der Waals surface area contributed by atoms with Gasteiger partial charge in [0.05, 0.1) is 0 Å². The maximum atomic E-state index is 3.78. The molecular weight excluding hydrogens is 208 g/mol. The fourth-order valence-electron chi connectivity index (χ4n) is 3.77. The van der Waals surface area contributed by atoms with Crippen LogP contribution in [0.25, 0.3) is 0 Å². The molecule has 0 aromatic rings. The number of hydrogen-bond acceptors (Lipinski definition) is 2.